The van der Waals surface area contributed by atoms with Crippen LogP contribution >= 0.6 is 0 Å². The Bertz CT molecular complexity index is 970. The van der Waals surface area contributed by atoms with E-state index in [1.807, 2.05) is 19.1 Å². The molecule has 0 atom stereocenters. The molecule has 0 spiro atoms. The first-order valence-electron chi connectivity index (χ1n) is 8.53. The molecule has 122 valence electrons. The fourth-order valence-electron chi connectivity index (χ4n) is 3.34. The summed E-state index contributed by atoms with van der Waals surface area (Å²) in [6.07, 6.45) is 5.32. The maximum atomic E-state index is 12.5. The summed E-state index contributed by atoms with van der Waals surface area (Å²) in [5, 5.41) is 0. The molecule has 0 fully saturated rings. The molecule has 1 aliphatic rings. The van der Waals surface area contributed by atoms with Gasteiger partial charge in [0.1, 0.15) is 0 Å². The SMILES string of the molecule is Cc1cc(C(=O)Cc2ccc3c(c2)C=C(c2ccccc2)C3)ccn1. The lowest BCUT2D eigenvalue weighted by molar-refractivity contribution is 0.0993. The Hall–Kier alpha value is -3.00. The van der Waals surface area contributed by atoms with Crippen LogP contribution in [0.4, 0.5) is 0 Å². The van der Waals surface area contributed by atoms with Crippen molar-refractivity contribution >= 4 is 17.4 Å². The minimum absolute atomic E-state index is 0.135. The average Bonchev–Trinajstić information content (AvgIpc) is 3.06. The standard InChI is InChI=1S/C23H19NO/c1-16-11-20(9-10-24-16)23(25)13-17-7-8-19-14-22(15-21(19)12-17)18-5-3-2-4-6-18/h2-12,15H,13-14H2,1H3. The van der Waals surface area contributed by atoms with Gasteiger partial charge in [-0.25, -0.2) is 0 Å². The molecule has 2 aromatic carbocycles. The van der Waals surface area contributed by atoms with Crippen molar-refractivity contribution in [1.82, 2.24) is 4.98 Å². The number of aromatic nitrogens is 1. The van der Waals surface area contributed by atoms with Gasteiger partial charge in [-0.3, -0.25) is 9.78 Å². The van der Waals surface area contributed by atoms with E-state index in [0.717, 1.165) is 23.2 Å². The maximum Gasteiger partial charge on any atom is 0.167 e. The largest absolute Gasteiger partial charge is 0.294 e. The Morgan fingerprint density at radius 3 is 2.68 bits per heavy atom. The number of pyridine rings is 1. The molecule has 2 heteroatoms. The lowest BCUT2D eigenvalue weighted by Gasteiger charge is -2.05. The van der Waals surface area contributed by atoms with Crippen LogP contribution in [0.2, 0.25) is 0 Å². The van der Waals surface area contributed by atoms with Gasteiger partial charge in [0.25, 0.3) is 0 Å². The summed E-state index contributed by atoms with van der Waals surface area (Å²) in [5.74, 6) is 0.135. The first-order chi connectivity index (χ1) is 12.2. The van der Waals surface area contributed by atoms with E-state index in [1.54, 1.807) is 12.3 Å². The lowest BCUT2D eigenvalue weighted by Crippen LogP contribution is -2.04. The summed E-state index contributed by atoms with van der Waals surface area (Å²) in [6, 6.07) is 20.5. The second-order valence-corrected chi connectivity index (χ2v) is 6.53. The molecule has 0 bridgehead atoms. The maximum absolute atomic E-state index is 12.5. The summed E-state index contributed by atoms with van der Waals surface area (Å²) in [7, 11) is 0. The van der Waals surface area contributed by atoms with E-state index >= 15 is 0 Å². The Morgan fingerprint density at radius 1 is 1.04 bits per heavy atom. The number of nitrogens with zero attached hydrogens (tertiary/aromatic N) is 1. The highest BCUT2D eigenvalue weighted by atomic mass is 16.1. The zero-order chi connectivity index (χ0) is 17.2. The molecule has 1 heterocycles. The number of hydrogen-bond acceptors (Lipinski definition) is 2. The molecule has 0 saturated carbocycles. The van der Waals surface area contributed by atoms with Crippen LogP contribution in [0.1, 0.15) is 38.3 Å². The van der Waals surface area contributed by atoms with Crippen LogP contribution in [-0.4, -0.2) is 10.8 Å². The number of ketones is 1. The highest BCUT2D eigenvalue weighted by Crippen LogP contribution is 2.32. The van der Waals surface area contributed by atoms with Gasteiger partial charge < -0.3 is 0 Å². The molecule has 0 radical (unpaired) electrons. The van der Waals surface area contributed by atoms with Crippen LogP contribution in [-0.2, 0) is 12.8 Å². The smallest absolute Gasteiger partial charge is 0.167 e. The summed E-state index contributed by atoms with van der Waals surface area (Å²) < 4.78 is 0. The van der Waals surface area contributed by atoms with Crippen LogP contribution < -0.4 is 0 Å². The zero-order valence-electron chi connectivity index (χ0n) is 14.2. The summed E-state index contributed by atoms with van der Waals surface area (Å²) >= 11 is 0. The van der Waals surface area contributed by atoms with Crippen LogP contribution in [0.25, 0.3) is 11.6 Å². The number of aryl methyl sites for hydroxylation is 1. The number of hydrogen-bond donors (Lipinski definition) is 0. The molecule has 1 aromatic heterocycles. The quantitative estimate of drug-likeness (QED) is 0.638. The normalized spacial score (nSPS) is 12.6. The molecule has 1 aliphatic carbocycles. The van der Waals surface area contributed by atoms with Gasteiger partial charge >= 0.3 is 0 Å². The first kappa shape index (κ1) is 15.5. The molecule has 0 saturated heterocycles. The number of allylic oxidation sites excluding steroid dienone is 1. The van der Waals surface area contributed by atoms with Crippen molar-refractivity contribution in [2.24, 2.45) is 0 Å². The van der Waals surface area contributed by atoms with Gasteiger partial charge in [0, 0.05) is 23.9 Å². The molecular formula is C23H19NO. The Balaban J connectivity index is 1.56. The molecule has 0 aliphatic heterocycles. The number of carbonyl (C=O) groups excluding carboxylic acids is 1. The van der Waals surface area contributed by atoms with E-state index in [0.29, 0.717) is 6.42 Å². The van der Waals surface area contributed by atoms with Gasteiger partial charge in [0.2, 0.25) is 0 Å². The van der Waals surface area contributed by atoms with Crippen molar-refractivity contribution in [3.05, 3.63) is 100 Å². The molecule has 3 aromatic rings. The van der Waals surface area contributed by atoms with Crippen LogP contribution in [0, 0.1) is 6.92 Å². The van der Waals surface area contributed by atoms with Crippen molar-refractivity contribution < 1.29 is 4.79 Å². The van der Waals surface area contributed by atoms with Crippen LogP contribution in [0.15, 0.2) is 66.9 Å². The van der Waals surface area contributed by atoms with E-state index in [1.165, 1.54) is 22.3 Å². The topological polar surface area (TPSA) is 30.0 Å². The Labute approximate surface area is 147 Å². The van der Waals surface area contributed by atoms with Crippen molar-refractivity contribution in [3.63, 3.8) is 0 Å². The number of benzene rings is 2. The van der Waals surface area contributed by atoms with Gasteiger partial charge in [0.05, 0.1) is 0 Å². The van der Waals surface area contributed by atoms with Gasteiger partial charge in [-0.2, -0.15) is 0 Å². The Morgan fingerprint density at radius 2 is 1.88 bits per heavy atom. The minimum atomic E-state index is 0.135. The monoisotopic (exact) mass is 325 g/mol. The van der Waals surface area contributed by atoms with Crippen molar-refractivity contribution in [2.45, 2.75) is 19.8 Å². The highest BCUT2D eigenvalue weighted by Gasteiger charge is 2.15. The second-order valence-electron chi connectivity index (χ2n) is 6.53. The zero-order valence-corrected chi connectivity index (χ0v) is 14.2. The number of rotatable bonds is 4. The van der Waals surface area contributed by atoms with Crippen LogP contribution in [0.5, 0.6) is 0 Å². The fourth-order valence-corrected chi connectivity index (χ4v) is 3.34. The number of Topliss-reactive ketones (excluding diaryl/α,β-unsaturated/α-hetero) is 1. The highest BCUT2D eigenvalue weighted by molar-refractivity contribution is 5.97. The van der Waals surface area contributed by atoms with Gasteiger partial charge in [0.15, 0.2) is 5.78 Å². The van der Waals surface area contributed by atoms with E-state index in [4.69, 9.17) is 0 Å². The van der Waals surface area contributed by atoms with E-state index in [-0.39, 0.29) is 5.78 Å². The van der Waals surface area contributed by atoms with Crippen molar-refractivity contribution in [2.75, 3.05) is 0 Å². The van der Waals surface area contributed by atoms with E-state index in [9.17, 15) is 4.79 Å². The molecule has 4 rings (SSSR count). The summed E-state index contributed by atoms with van der Waals surface area (Å²) in [5.41, 5.74) is 7.82. The average molecular weight is 325 g/mol. The molecule has 25 heavy (non-hydrogen) atoms. The number of carbonyl (C=O) groups is 1. The third-order valence-electron chi connectivity index (χ3n) is 4.65. The van der Waals surface area contributed by atoms with Crippen LogP contribution in [0.3, 0.4) is 0 Å². The number of fused-ring (bicyclic) bond motifs is 1. The first-order valence-corrected chi connectivity index (χ1v) is 8.53. The predicted octanol–water partition coefficient (Wildman–Crippen LogP) is 4.91. The van der Waals surface area contributed by atoms with Gasteiger partial charge in [-0.05, 0) is 53.3 Å². The molecule has 2 nitrogen and oxygen atoms in total. The van der Waals surface area contributed by atoms with Gasteiger partial charge in [-0.1, -0.05) is 54.6 Å². The summed E-state index contributed by atoms with van der Waals surface area (Å²) in [6.45, 7) is 1.90. The summed E-state index contributed by atoms with van der Waals surface area (Å²) in [4.78, 5) is 16.7. The minimum Gasteiger partial charge on any atom is -0.294 e. The van der Waals surface area contributed by atoms with Crippen molar-refractivity contribution in [1.29, 1.82) is 0 Å². The third-order valence-corrected chi connectivity index (χ3v) is 4.65. The second kappa shape index (κ2) is 6.48. The molecular weight excluding hydrogens is 306 g/mol. The fraction of sp³-hybridized carbons (Fsp3) is 0.130. The predicted molar refractivity (Wildman–Crippen MR) is 101 cm³/mol. The van der Waals surface area contributed by atoms with E-state index in [2.05, 4.69) is 53.5 Å². The van der Waals surface area contributed by atoms with E-state index < -0.39 is 0 Å². The third kappa shape index (κ3) is 3.29. The molecule has 0 amide bonds. The Kier molecular flexibility index (Phi) is 4.02. The molecule has 0 N–H and O–H groups in total. The lowest BCUT2D eigenvalue weighted by atomic mass is 9.99. The van der Waals surface area contributed by atoms with Gasteiger partial charge in [-0.15, -0.1) is 0 Å². The van der Waals surface area contributed by atoms with Crippen molar-refractivity contribution in [3.8, 4) is 0 Å². The molecule has 0 unspecified atom stereocenters.